The first-order chi connectivity index (χ1) is 12.6. The minimum Gasteiger partial charge on any atom is -0.283 e. The summed E-state index contributed by atoms with van der Waals surface area (Å²) in [6.07, 6.45) is 6.74. The van der Waals surface area contributed by atoms with Gasteiger partial charge in [-0.2, -0.15) is 0 Å². The van der Waals surface area contributed by atoms with Gasteiger partial charge in [0.15, 0.2) is 0 Å². The molecule has 0 aliphatic carbocycles. The highest BCUT2D eigenvalue weighted by atomic mass is 32.2. The quantitative estimate of drug-likeness (QED) is 0.583. The molecule has 0 aliphatic rings. The fraction of sp³-hybridized carbons (Fsp3) is 0.118. The number of hydrogen-bond donors (Lipinski definition) is 1. The third kappa shape index (κ3) is 2.93. The van der Waals surface area contributed by atoms with Gasteiger partial charge >= 0.3 is 0 Å². The van der Waals surface area contributed by atoms with Crippen LogP contribution in [-0.4, -0.2) is 38.3 Å². The number of fused-ring (bicyclic) bond motifs is 1. The van der Waals surface area contributed by atoms with Crippen molar-refractivity contribution >= 4 is 21.2 Å². The molecule has 4 rings (SSSR count). The molecule has 0 saturated heterocycles. The van der Waals surface area contributed by atoms with Gasteiger partial charge in [0.1, 0.15) is 6.33 Å². The Morgan fingerprint density at radius 2 is 2.00 bits per heavy atom. The van der Waals surface area contributed by atoms with Gasteiger partial charge in [0.25, 0.3) is 5.95 Å². The van der Waals surface area contributed by atoms with Crippen molar-refractivity contribution in [3.05, 3.63) is 61.3 Å². The summed E-state index contributed by atoms with van der Waals surface area (Å²) in [5, 5.41) is 4.56. The zero-order valence-corrected chi connectivity index (χ0v) is 14.8. The molecule has 26 heavy (non-hydrogen) atoms. The lowest BCUT2D eigenvalue weighted by Crippen LogP contribution is -2.15. The minimum absolute atomic E-state index is 0.00316. The first-order valence-electron chi connectivity index (χ1n) is 8.00. The second-order valence-corrected chi connectivity index (χ2v) is 7.65. The lowest BCUT2D eigenvalue weighted by Gasteiger charge is -2.12. The number of nitrogens with one attached hydrogen (secondary N) is 1. The van der Waals surface area contributed by atoms with Gasteiger partial charge in [0.2, 0.25) is 10.0 Å². The molecule has 3 aromatic heterocycles. The van der Waals surface area contributed by atoms with Crippen molar-refractivity contribution in [1.29, 1.82) is 0 Å². The predicted molar refractivity (Wildman–Crippen MR) is 98.6 cm³/mol. The first-order valence-corrected chi connectivity index (χ1v) is 9.65. The summed E-state index contributed by atoms with van der Waals surface area (Å²) < 4.78 is 30.1. The van der Waals surface area contributed by atoms with E-state index in [1.54, 1.807) is 53.1 Å². The van der Waals surface area contributed by atoms with Crippen LogP contribution in [0.4, 0.5) is 5.69 Å². The van der Waals surface area contributed by atoms with Crippen LogP contribution in [0.1, 0.15) is 6.92 Å². The van der Waals surface area contributed by atoms with Gasteiger partial charge in [0, 0.05) is 18.0 Å². The molecule has 0 fully saturated rings. The van der Waals surface area contributed by atoms with Crippen molar-refractivity contribution in [3.63, 3.8) is 0 Å². The van der Waals surface area contributed by atoms with E-state index in [0.29, 0.717) is 11.6 Å². The van der Waals surface area contributed by atoms with Gasteiger partial charge in [-0.15, -0.1) is 5.10 Å². The highest BCUT2D eigenvalue weighted by molar-refractivity contribution is 7.92. The maximum Gasteiger partial charge on any atom is 0.253 e. The third-order valence-electron chi connectivity index (χ3n) is 3.97. The third-order valence-corrected chi connectivity index (χ3v) is 5.26. The molecule has 0 saturated carbocycles. The Hall–Kier alpha value is -3.20. The van der Waals surface area contributed by atoms with E-state index in [0.717, 1.165) is 16.8 Å². The molecule has 132 valence electrons. The highest BCUT2D eigenvalue weighted by Crippen LogP contribution is 2.29. The van der Waals surface area contributed by atoms with Gasteiger partial charge in [0.05, 0.1) is 28.8 Å². The molecule has 0 bridgehead atoms. The molecule has 0 radical (unpaired) electrons. The van der Waals surface area contributed by atoms with Gasteiger partial charge in [-0.3, -0.25) is 9.29 Å². The number of sulfonamides is 1. The average molecular weight is 368 g/mol. The number of hydrogen-bond acceptors (Lipinski definition) is 5. The Kier molecular flexibility index (Phi) is 3.92. The fourth-order valence-corrected chi connectivity index (χ4v) is 3.29. The Balaban J connectivity index is 1.86. The standard InChI is InChI=1S/C17H16N6O2S/c1-2-26(24,25)21-15-6-4-3-5-14(15)16-8-7-13-11-19-17(20-23(13)16)22-10-9-18-12-22/h3-12,21H,2H2,1H3. The number of rotatable bonds is 5. The van der Waals surface area contributed by atoms with Crippen LogP contribution in [-0.2, 0) is 10.0 Å². The Morgan fingerprint density at radius 3 is 2.77 bits per heavy atom. The van der Waals surface area contributed by atoms with Crippen LogP contribution in [0.3, 0.4) is 0 Å². The summed E-state index contributed by atoms with van der Waals surface area (Å²) in [5.74, 6) is 0.475. The lowest BCUT2D eigenvalue weighted by molar-refractivity contribution is 0.602. The van der Waals surface area contributed by atoms with E-state index in [2.05, 4.69) is 19.8 Å². The van der Waals surface area contributed by atoms with Gasteiger partial charge < -0.3 is 0 Å². The summed E-state index contributed by atoms with van der Waals surface area (Å²) in [6.45, 7) is 1.60. The molecule has 0 atom stereocenters. The number of nitrogens with zero attached hydrogens (tertiary/aromatic N) is 5. The number of benzene rings is 1. The summed E-state index contributed by atoms with van der Waals surface area (Å²) >= 11 is 0. The SMILES string of the molecule is CCS(=O)(=O)Nc1ccccc1-c1ccc2cnc(-n3ccnc3)nn12. The fourth-order valence-electron chi connectivity index (χ4n) is 2.63. The minimum atomic E-state index is -3.39. The Morgan fingerprint density at radius 1 is 1.15 bits per heavy atom. The van der Waals surface area contributed by atoms with Crippen LogP contribution in [0.5, 0.6) is 0 Å². The zero-order chi connectivity index (χ0) is 18.1. The second-order valence-electron chi connectivity index (χ2n) is 5.63. The van der Waals surface area contributed by atoms with E-state index < -0.39 is 10.0 Å². The lowest BCUT2D eigenvalue weighted by atomic mass is 10.1. The first kappa shape index (κ1) is 16.3. The number of anilines is 1. The van der Waals surface area contributed by atoms with E-state index in [4.69, 9.17) is 0 Å². The summed E-state index contributed by atoms with van der Waals surface area (Å²) in [7, 11) is -3.39. The Bertz CT molecular complexity index is 1170. The van der Waals surface area contributed by atoms with Gasteiger partial charge in [-0.25, -0.2) is 22.9 Å². The molecular weight excluding hydrogens is 352 g/mol. The maximum atomic E-state index is 12.0. The molecule has 9 heteroatoms. The van der Waals surface area contributed by atoms with E-state index in [1.807, 2.05) is 24.3 Å². The number of aromatic nitrogens is 5. The Labute approximate surface area is 150 Å². The van der Waals surface area contributed by atoms with Crippen molar-refractivity contribution in [1.82, 2.24) is 24.1 Å². The zero-order valence-electron chi connectivity index (χ0n) is 13.9. The molecule has 0 spiro atoms. The average Bonchev–Trinajstić information content (AvgIpc) is 3.31. The van der Waals surface area contributed by atoms with Crippen LogP contribution < -0.4 is 4.72 Å². The summed E-state index contributed by atoms with van der Waals surface area (Å²) in [6, 6.07) is 11.0. The molecule has 1 N–H and O–H groups in total. The van der Waals surface area contributed by atoms with Crippen LogP contribution in [0.25, 0.3) is 22.7 Å². The van der Waals surface area contributed by atoms with Crippen molar-refractivity contribution in [2.45, 2.75) is 6.92 Å². The monoisotopic (exact) mass is 368 g/mol. The molecule has 3 heterocycles. The molecule has 4 aromatic rings. The van der Waals surface area contributed by atoms with Crippen LogP contribution >= 0.6 is 0 Å². The topological polar surface area (TPSA) is 94.2 Å². The van der Waals surface area contributed by atoms with Crippen molar-refractivity contribution in [2.75, 3.05) is 10.5 Å². The molecular formula is C17H16N6O2S. The normalized spacial score (nSPS) is 11.7. The van der Waals surface area contributed by atoms with Crippen molar-refractivity contribution < 1.29 is 8.42 Å². The second kappa shape index (κ2) is 6.26. The highest BCUT2D eigenvalue weighted by Gasteiger charge is 2.15. The largest absolute Gasteiger partial charge is 0.283 e. The van der Waals surface area contributed by atoms with E-state index in [9.17, 15) is 8.42 Å². The molecule has 8 nitrogen and oxygen atoms in total. The maximum absolute atomic E-state index is 12.0. The molecule has 0 amide bonds. The summed E-state index contributed by atoms with van der Waals surface area (Å²) in [4.78, 5) is 8.34. The van der Waals surface area contributed by atoms with Crippen LogP contribution in [0.15, 0.2) is 61.3 Å². The smallest absolute Gasteiger partial charge is 0.253 e. The van der Waals surface area contributed by atoms with E-state index in [-0.39, 0.29) is 5.75 Å². The molecule has 1 aromatic carbocycles. The van der Waals surface area contributed by atoms with Gasteiger partial charge in [-0.05, 0) is 25.1 Å². The van der Waals surface area contributed by atoms with Crippen LogP contribution in [0, 0.1) is 0 Å². The predicted octanol–water partition coefficient (Wildman–Crippen LogP) is 2.34. The summed E-state index contributed by atoms with van der Waals surface area (Å²) in [5.41, 5.74) is 2.81. The van der Waals surface area contributed by atoms with Crippen molar-refractivity contribution in [2.24, 2.45) is 0 Å². The number of imidazole rings is 1. The molecule has 0 aliphatic heterocycles. The van der Waals surface area contributed by atoms with Crippen molar-refractivity contribution in [3.8, 4) is 17.2 Å². The van der Waals surface area contributed by atoms with E-state index >= 15 is 0 Å². The van der Waals surface area contributed by atoms with Crippen LogP contribution in [0.2, 0.25) is 0 Å². The number of para-hydroxylation sites is 1. The molecule has 0 unspecified atom stereocenters. The van der Waals surface area contributed by atoms with Gasteiger partial charge in [-0.1, -0.05) is 18.2 Å². The van der Waals surface area contributed by atoms with E-state index in [1.165, 1.54) is 0 Å².